The van der Waals surface area contributed by atoms with Crippen LogP contribution in [0.15, 0.2) is 22.7 Å². The summed E-state index contributed by atoms with van der Waals surface area (Å²) in [5.74, 6) is 0.453. The van der Waals surface area contributed by atoms with Crippen LogP contribution in [0.4, 0.5) is 4.39 Å². The third kappa shape index (κ3) is 2.25. The Morgan fingerprint density at radius 3 is 3.00 bits per heavy atom. The van der Waals surface area contributed by atoms with E-state index in [0.29, 0.717) is 10.2 Å². The number of ether oxygens (including phenoxy) is 1. The van der Waals surface area contributed by atoms with Gasteiger partial charge in [-0.25, -0.2) is 4.39 Å². The van der Waals surface area contributed by atoms with Crippen molar-refractivity contribution < 1.29 is 9.13 Å². The van der Waals surface area contributed by atoms with E-state index >= 15 is 0 Å². The lowest BCUT2D eigenvalue weighted by atomic mass is 10.3. The first-order valence-corrected chi connectivity index (χ1v) is 5.37. The molecule has 1 aromatic rings. The molecule has 0 bridgehead atoms. The van der Waals surface area contributed by atoms with E-state index in [1.165, 1.54) is 12.1 Å². The molecule has 1 fully saturated rings. The minimum Gasteiger partial charge on any atom is -0.488 e. The van der Waals surface area contributed by atoms with Crippen LogP contribution < -0.4 is 10.1 Å². The van der Waals surface area contributed by atoms with Crippen molar-refractivity contribution >= 4 is 15.9 Å². The van der Waals surface area contributed by atoms with E-state index < -0.39 is 0 Å². The molecule has 1 unspecified atom stereocenters. The van der Waals surface area contributed by atoms with Gasteiger partial charge in [-0.15, -0.1) is 0 Å². The molecule has 1 saturated heterocycles. The smallest absolute Gasteiger partial charge is 0.134 e. The summed E-state index contributed by atoms with van der Waals surface area (Å²) < 4.78 is 19.1. The fourth-order valence-corrected chi connectivity index (χ4v) is 1.92. The van der Waals surface area contributed by atoms with Gasteiger partial charge in [-0.05, 0) is 47.1 Å². The van der Waals surface area contributed by atoms with Crippen LogP contribution in [0.1, 0.15) is 6.42 Å². The number of hydrogen-bond donors (Lipinski definition) is 1. The molecule has 0 aromatic heterocycles. The first-order valence-electron chi connectivity index (χ1n) is 4.58. The second-order valence-electron chi connectivity index (χ2n) is 3.31. The minimum atomic E-state index is -0.256. The van der Waals surface area contributed by atoms with Gasteiger partial charge in [0.25, 0.3) is 0 Å². The molecule has 1 aromatic carbocycles. The highest BCUT2D eigenvalue weighted by Gasteiger charge is 2.16. The van der Waals surface area contributed by atoms with Gasteiger partial charge in [-0.3, -0.25) is 0 Å². The Morgan fingerprint density at radius 1 is 1.50 bits per heavy atom. The summed E-state index contributed by atoms with van der Waals surface area (Å²) in [6.07, 6.45) is 1.21. The maximum absolute atomic E-state index is 12.8. The van der Waals surface area contributed by atoms with Gasteiger partial charge in [0, 0.05) is 6.54 Å². The molecule has 2 rings (SSSR count). The molecule has 0 radical (unpaired) electrons. The van der Waals surface area contributed by atoms with Crippen molar-refractivity contribution in [2.24, 2.45) is 0 Å². The molecule has 1 N–H and O–H groups in total. The van der Waals surface area contributed by atoms with Gasteiger partial charge < -0.3 is 10.1 Å². The zero-order valence-corrected chi connectivity index (χ0v) is 9.18. The second-order valence-corrected chi connectivity index (χ2v) is 4.16. The van der Waals surface area contributed by atoms with E-state index in [2.05, 4.69) is 21.2 Å². The standard InChI is InChI=1S/C10H11BrFNO/c11-9-5-7(12)1-2-10(9)14-8-3-4-13-6-8/h1-2,5,8,13H,3-4,6H2. The fraction of sp³-hybridized carbons (Fsp3) is 0.400. The molecule has 76 valence electrons. The van der Waals surface area contributed by atoms with Crippen molar-refractivity contribution in [1.29, 1.82) is 0 Å². The normalized spacial score (nSPS) is 21.1. The van der Waals surface area contributed by atoms with E-state index in [9.17, 15) is 4.39 Å². The summed E-state index contributed by atoms with van der Waals surface area (Å²) in [4.78, 5) is 0. The van der Waals surface area contributed by atoms with Gasteiger partial charge in [-0.2, -0.15) is 0 Å². The molecule has 14 heavy (non-hydrogen) atoms. The third-order valence-corrected chi connectivity index (χ3v) is 2.82. The Hall–Kier alpha value is -0.610. The van der Waals surface area contributed by atoms with Crippen molar-refractivity contribution in [1.82, 2.24) is 5.32 Å². The topological polar surface area (TPSA) is 21.3 Å². The third-order valence-electron chi connectivity index (χ3n) is 2.20. The monoisotopic (exact) mass is 259 g/mol. The lowest BCUT2D eigenvalue weighted by molar-refractivity contribution is 0.221. The van der Waals surface area contributed by atoms with Crippen molar-refractivity contribution in [3.05, 3.63) is 28.5 Å². The predicted octanol–water partition coefficient (Wildman–Crippen LogP) is 2.33. The quantitative estimate of drug-likeness (QED) is 0.881. The first-order chi connectivity index (χ1) is 6.75. The molecule has 1 aliphatic rings. The van der Waals surface area contributed by atoms with E-state index in [1.54, 1.807) is 6.07 Å². The van der Waals surface area contributed by atoms with Crippen molar-refractivity contribution in [2.45, 2.75) is 12.5 Å². The largest absolute Gasteiger partial charge is 0.488 e. The number of benzene rings is 1. The van der Waals surface area contributed by atoms with Gasteiger partial charge in [-0.1, -0.05) is 0 Å². The molecule has 4 heteroatoms. The lowest BCUT2D eigenvalue weighted by Crippen LogP contribution is -2.19. The summed E-state index contributed by atoms with van der Waals surface area (Å²) in [7, 11) is 0. The van der Waals surface area contributed by atoms with Gasteiger partial charge in [0.05, 0.1) is 4.47 Å². The van der Waals surface area contributed by atoms with Crippen LogP contribution in [0, 0.1) is 5.82 Å². The SMILES string of the molecule is Fc1ccc(OC2CCNC2)c(Br)c1. The summed E-state index contributed by atoms with van der Waals surface area (Å²) >= 11 is 3.27. The van der Waals surface area contributed by atoms with Gasteiger partial charge >= 0.3 is 0 Å². The Balaban J connectivity index is 2.08. The highest BCUT2D eigenvalue weighted by atomic mass is 79.9. The van der Waals surface area contributed by atoms with Gasteiger partial charge in [0.2, 0.25) is 0 Å². The van der Waals surface area contributed by atoms with Crippen LogP contribution >= 0.6 is 15.9 Å². The van der Waals surface area contributed by atoms with Crippen LogP contribution in [-0.2, 0) is 0 Å². The van der Waals surface area contributed by atoms with Crippen LogP contribution in [0.5, 0.6) is 5.75 Å². The average molecular weight is 260 g/mol. The van der Waals surface area contributed by atoms with Crippen molar-refractivity contribution in [3.8, 4) is 5.75 Å². The summed E-state index contributed by atoms with van der Waals surface area (Å²) in [5.41, 5.74) is 0. The number of nitrogens with one attached hydrogen (secondary N) is 1. The molecular weight excluding hydrogens is 249 g/mol. The van der Waals surface area contributed by atoms with Gasteiger partial charge in [0.15, 0.2) is 0 Å². The highest BCUT2D eigenvalue weighted by molar-refractivity contribution is 9.10. The minimum absolute atomic E-state index is 0.205. The van der Waals surface area contributed by atoms with Crippen molar-refractivity contribution in [3.63, 3.8) is 0 Å². The first kappa shape index (κ1) is 9.93. The molecule has 0 saturated carbocycles. The molecule has 2 nitrogen and oxygen atoms in total. The number of rotatable bonds is 2. The highest BCUT2D eigenvalue weighted by Crippen LogP contribution is 2.27. The average Bonchev–Trinajstić information content (AvgIpc) is 2.62. The number of halogens is 2. The second kappa shape index (κ2) is 4.28. The van der Waals surface area contributed by atoms with Crippen LogP contribution in [0.25, 0.3) is 0 Å². The maximum atomic E-state index is 12.8. The molecule has 1 heterocycles. The number of hydrogen-bond acceptors (Lipinski definition) is 2. The predicted molar refractivity (Wildman–Crippen MR) is 56.0 cm³/mol. The molecule has 1 atom stereocenters. The van der Waals surface area contributed by atoms with E-state index in [-0.39, 0.29) is 11.9 Å². The molecule has 0 amide bonds. The molecule has 0 aliphatic carbocycles. The lowest BCUT2D eigenvalue weighted by Gasteiger charge is -2.13. The van der Waals surface area contributed by atoms with Crippen LogP contribution in [0.2, 0.25) is 0 Å². The van der Waals surface area contributed by atoms with E-state index in [0.717, 1.165) is 19.5 Å². The van der Waals surface area contributed by atoms with Crippen molar-refractivity contribution in [2.75, 3.05) is 13.1 Å². The summed E-state index contributed by atoms with van der Waals surface area (Å²) in [6.45, 7) is 1.85. The Bertz CT molecular complexity index is 326. The Kier molecular flexibility index (Phi) is 3.03. The van der Waals surface area contributed by atoms with Crippen LogP contribution in [0.3, 0.4) is 0 Å². The van der Waals surface area contributed by atoms with Gasteiger partial charge in [0.1, 0.15) is 17.7 Å². The molecule has 0 spiro atoms. The zero-order chi connectivity index (χ0) is 9.97. The summed E-state index contributed by atoms with van der Waals surface area (Å²) in [6, 6.07) is 4.47. The van der Waals surface area contributed by atoms with Crippen LogP contribution in [-0.4, -0.2) is 19.2 Å². The maximum Gasteiger partial charge on any atom is 0.134 e. The molecular formula is C10H11BrFNO. The van der Waals surface area contributed by atoms with E-state index in [4.69, 9.17) is 4.74 Å². The van der Waals surface area contributed by atoms with E-state index in [1.807, 2.05) is 0 Å². The summed E-state index contributed by atoms with van der Waals surface area (Å²) in [5, 5.41) is 3.21. The fourth-order valence-electron chi connectivity index (χ4n) is 1.48. The Labute approximate surface area is 90.6 Å². The zero-order valence-electron chi connectivity index (χ0n) is 7.59. The molecule has 1 aliphatic heterocycles. The Morgan fingerprint density at radius 2 is 2.36 bits per heavy atom.